The van der Waals surface area contributed by atoms with E-state index < -0.39 is 36.4 Å². The van der Waals surface area contributed by atoms with Gasteiger partial charge in [-0.15, -0.1) is 0 Å². The van der Waals surface area contributed by atoms with Crippen molar-refractivity contribution in [2.75, 3.05) is 0 Å². The first-order valence-corrected chi connectivity index (χ1v) is 3.66. The molecule has 0 aromatic carbocycles. The van der Waals surface area contributed by atoms with Gasteiger partial charge in [0, 0.05) is 0 Å². The second kappa shape index (κ2) is 7.96. The van der Waals surface area contributed by atoms with Gasteiger partial charge in [-0.05, 0) is 0 Å². The fourth-order valence-electron chi connectivity index (χ4n) is 0.834. The van der Waals surface area contributed by atoms with E-state index in [0.717, 1.165) is 0 Å². The van der Waals surface area contributed by atoms with Gasteiger partial charge in [-0.1, -0.05) is 0 Å². The van der Waals surface area contributed by atoms with Gasteiger partial charge in [-0.3, -0.25) is 4.89 Å². The Hall–Kier alpha value is -1.22. The van der Waals surface area contributed by atoms with E-state index in [2.05, 4.69) is 14.7 Å². The average Bonchev–Trinajstić information content (AvgIpc) is 2.27. The molecular weight excluding hydrogens is 259 g/mol. The molecule has 0 heterocycles. The zero-order valence-electron chi connectivity index (χ0n) is 7.65. The molecule has 0 amide bonds. The summed E-state index contributed by atoms with van der Waals surface area (Å²) in [6.45, 7) is 0. The Labute approximate surface area is 104 Å². The van der Waals surface area contributed by atoms with Crippen molar-refractivity contribution < 1.29 is 49.9 Å². The summed E-state index contributed by atoms with van der Waals surface area (Å²) in [7, 11) is 0. The van der Waals surface area contributed by atoms with E-state index in [-0.39, 0.29) is 17.4 Å². The highest BCUT2D eigenvalue weighted by molar-refractivity contribution is 5.89. The number of rotatable bonds is 5. The zero-order valence-corrected chi connectivity index (χ0v) is 7.65. The van der Waals surface area contributed by atoms with Crippen LogP contribution in [-0.4, -0.2) is 61.7 Å². The van der Waals surface area contributed by atoms with Crippen LogP contribution in [0, 0.1) is 0 Å². The minimum Gasteiger partial charge on any atom is -0.377 e. The van der Waals surface area contributed by atoms with Crippen molar-refractivity contribution in [3.8, 4) is 0 Å². The fraction of sp³-hybridized carbons (Fsp3) is 0.500. The van der Waals surface area contributed by atoms with E-state index >= 15 is 0 Å². The van der Waals surface area contributed by atoms with Crippen molar-refractivity contribution in [3.05, 3.63) is 0 Å². The third-order valence-electron chi connectivity index (χ3n) is 1.54. The molecule has 10 nitrogen and oxygen atoms in total. The predicted octanol–water partition coefficient (Wildman–Crippen LogP) is -2.64. The monoisotopic (exact) mass is 270 g/mol. The number of hydrogen-bond acceptors (Lipinski definition) is 10. The van der Waals surface area contributed by atoms with E-state index in [1.807, 2.05) is 0 Å². The second-order valence-corrected chi connectivity index (χ2v) is 2.69. The summed E-state index contributed by atoms with van der Waals surface area (Å²) in [4.78, 5) is 41.4. The van der Waals surface area contributed by atoms with Gasteiger partial charge in [-0.2, -0.15) is 15.8 Å². The molecule has 11 heteroatoms. The first-order valence-electron chi connectivity index (χ1n) is 3.66. The molecule has 0 aliphatic heterocycles. The van der Waals surface area contributed by atoms with Crippen LogP contribution in [0.25, 0.3) is 0 Å². The predicted molar refractivity (Wildman–Crippen MR) is 50.3 cm³/mol. The van der Waals surface area contributed by atoms with Crippen LogP contribution in [0.1, 0.15) is 12.8 Å². The van der Waals surface area contributed by atoms with Gasteiger partial charge in [0.1, 0.15) is 0 Å². The van der Waals surface area contributed by atoms with Gasteiger partial charge in [0.25, 0.3) is 0 Å². The second-order valence-electron chi connectivity index (χ2n) is 2.69. The number of aliphatic hydroxyl groups is 1. The van der Waals surface area contributed by atoms with E-state index in [1.165, 1.54) is 0 Å². The van der Waals surface area contributed by atoms with Gasteiger partial charge in [0.15, 0.2) is 23.0 Å². The molecule has 0 aromatic rings. The van der Waals surface area contributed by atoms with E-state index in [1.54, 1.807) is 0 Å². The molecular formula is C6H11AlO10. The van der Waals surface area contributed by atoms with Crippen LogP contribution in [0.2, 0.25) is 0 Å². The van der Waals surface area contributed by atoms with Crippen molar-refractivity contribution >= 4 is 35.3 Å². The van der Waals surface area contributed by atoms with Crippen molar-refractivity contribution in [1.29, 1.82) is 0 Å². The smallest absolute Gasteiger partial charge is 0.374 e. The molecule has 0 radical (unpaired) electrons. The highest BCUT2D eigenvalue weighted by Crippen LogP contribution is 2.18. The largest absolute Gasteiger partial charge is 0.377 e. The topological polar surface area (TPSA) is 160 Å². The van der Waals surface area contributed by atoms with Gasteiger partial charge < -0.3 is 14.9 Å². The Morgan fingerprint density at radius 3 is 1.47 bits per heavy atom. The molecule has 0 fully saturated rings. The molecule has 0 spiro atoms. The fourth-order valence-corrected chi connectivity index (χ4v) is 0.834. The van der Waals surface area contributed by atoms with E-state index in [9.17, 15) is 19.5 Å². The molecule has 0 atom stereocenters. The number of carbonyl (C=O) groups excluding carboxylic acids is 3. The summed E-state index contributed by atoms with van der Waals surface area (Å²) in [5.41, 5.74) is -2.83. The normalized spacial score (nSPS) is 9.88. The molecule has 98 valence electrons. The minimum absolute atomic E-state index is 0. The SMILES string of the molecule is O=C(CC(O)(CC(=O)OO)C(=O)OO)OO.[AlH3]. The average molecular weight is 270 g/mol. The zero-order chi connectivity index (χ0) is 12.8. The maximum absolute atomic E-state index is 10.8. The van der Waals surface area contributed by atoms with Crippen LogP contribution in [0.5, 0.6) is 0 Å². The maximum atomic E-state index is 10.8. The lowest BCUT2D eigenvalue weighted by Crippen LogP contribution is -2.44. The van der Waals surface area contributed by atoms with Crippen molar-refractivity contribution in [2.24, 2.45) is 0 Å². The Kier molecular flexibility index (Phi) is 8.50. The van der Waals surface area contributed by atoms with Crippen LogP contribution in [0.4, 0.5) is 0 Å². The lowest BCUT2D eigenvalue weighted by molar-refractivity contribution is -0.263. The Morgan fingerprint density at radius 2 is 1.24 bits per heavy atom. The third-order valence-corrected chi connectivity index (χ3v) is 1.54. The first-order chi connectivity index (χ1) is 7.39. The molecule has 17 heavy (non-hydrogen) atoms. The first kappa shape index (κ1) is 18.2. The van der Waals surface area contributed by atoms with Gasteiger partial charge >= 0.3 is 17.9 Å². The molecule has 0 unspecified atom stereocenters. The lowest BCUT2D eigenvalue weighted by atomic mass is 9.96. The summed E-state index contributed by atoms with van der Waals surface area (Å²) in [5.74, 6) is -4.71. The van der Waals surface area contributed by atoms with Crippen LogP contribution in [-0.2, 0) is 29.0 Å². The molecule has 0 rings (SSSR count). The van der Waals surface area contributed by atoms with Crippen LogP contribution < -0.4 is 0 Å². The van der Waals surface area contributed by atoms with Crippen molar-refractivity contribution in [1.82, 2.24) is 0 Å². The standard InChI is InChI=1S/C6H8O10.Al.3H/c7-3(14-11)1-6(10,5(9)16-13)2-4(8)15-12;;;;/h10-13H,1-2H2;;;;. The van der Waals surface area contributed by atoms with E-state index in [4.69, 9.17) is 15.8 Å². The highest BCUT2D eigenvalue weighted by atomic mass is 27.0. The van der Waals surface area contributed by atoms with Crippen molar-refractivity contribution in [3.63, 3.8) is 0 Å². The van der Waals surface area contributed by atoms with Crippen molar-refractivity contribution in [2.45, 2.75) is 18.4 Å². The third kappa shape index (κ3) is 5.59. The molecule has 0 saturated heterocycles. The highest BCUT2D eigenvalue weighted by Gasteiger charge is 2.44. The minimum atomic E-state index is -2.83. The maximum Gasteiger partial charge on any atom is 0.374 e. The molecule has 0 aliphatic carbocycles. The van der Waals surface area contributed by atoms with Crippen LogP contribution in [0.15, 0.2) is 0 Å². The Bertz CT molecular complexity index is 271. The quantitative estimate of drug-likeness (QED) is 0.180. The Morgan fingerprint density at radius 1 is 0.882 bits per heavy atom. The number of hydrogen-bond donors (Lipinski definition) is 4. The molecule has 0 bridgehead atoms. The summed E-state index contributed by atoms with van der Waals surface area (Å²) >= 11 is 0. The summed E-state index contributed by atoms with van der Waals surface area (Å²) < 4.78 is 0. The van der Waals surface area contributed by atoms with Crippen LogP contribution >= 0.6 is 0 Å². The number of carbonyl (C=O) groups is 3. The molecule has 0 saturated carbocycles. The van der Waals surface area contributed by atoms with Crippen LogP contribution in [0.3, 0.4) is 0 Å². The molecule has 0 aromatic heterocycles. The summed E-state index contributed by atoms with van der Waals surface area (Å²) in [6.07, 6.45) is -2.39. The Balaban J connectivity index is 0. The van der Waals surface area contributed by atoms with E-state index in [0.29, 0.717) is 0 Å². The van der Waals surface area contributed by atoms with Gasteiger partial charge in [0.05, 0.1) is 12.8 Å². The molecule has 4 N–H and O–H groups in total. The summed E-state index contributed by atoms with van der Waals surface area (Å²) in [6, 6.07) is 0. The lowest BCUT2D eigenvalue weighted by Gasteiger charge is -2.20. The van der Waals surface area contributed by atoms with Gasteiger partial charge in [-0.25, -0.2) is 14.4 Å². The van der Waals surface area contributed by atoms with Gasteiger partial charge in [0.2, 0.25) is 0 Å². The summed E-state index contributed by atoms with van der Waals surface area (Å²) in [5, 5.41) is 33.2. The molecule has 0 aliphatic rings.